The van der Waals surface area contributed by atoms with Crippen LogP contribution >= 0.6 is 0 Å². The van der Waals surface area contributed by atoms with Gasteiger partial charge in [0.05, 0.1) is 19.0 Å². The molecule has 0 aliphatic rings. The summed E-state index contributed by atoms with van der Waals surface area (Å²) in [4.78, 5) is 34.3. The Bertz CT molecular complexity index is 694. The fourth-order valence-corrected chi connectivity index (χ4v) is 1.81. The van der Waals surface area contributed by atoms with Crippen LogP contribution in [0.1, 0.15) is 16.9 Å². The molecule has 0 spiro atoms. The Balaban J connectivity index is 2.19. The van der Waals surface area contributed by atoms with Gasteiger partial charge < -0.3 is 15.2 Å². The number of benzene rings is 1. The predicted octanol–water partition coefficient (Wildman–Crippen LogP) is 0.309. The predicted molar refractivity (Wildman–Crippen MR) is 71.6 cm³/mol. The van der Waals surface area contributed by atoms with Gasteiger partial charge in [0.2, 0.25) is 0 Å². The lowest BCUT2D eigenvalue weighted by Gasteiger charge is -2.12. The van der Waals surface area contributed by atoms with Gasteiger partial charge >= 0.3 is 11.9 Å². The Morgan fingerprint density at radius 1 is 1.38 bits per heavy atom. The minimum absolute atomic E-state index is 0.0710. The molecular weight excluding hydrogens is 278 g/mol. The van der Waals surface area contributed by atoms with E-state index in [1.54, 1.807) is 24.3 Å². The molecule has 0 saturated heterocycles. The number of carboxylic acids is 1. The third kappa shape index (κ3) is 3.16. The van der Waals surface area contributed by atoms with E-state index in [1.807, 2.05) is 0 Å². The van der Waals surface area contributed by atoms with Gasteiger partial charge in [0, 0.05) is 5.39 Å². The van der Waals surface area contributed by atoms with Gasteiger partial charge in [0.1, 0.15) is 6.04 Å². The van der Waals surface area contributed by atoms with E-state index in [9.17, 15) is 14.4 Å². The van der Waals surface area contributed by atoms with Crippen LogP contribution in [-0.4, -0.2) is 46.3 Å². The molecule has 1 aromatic heterocycles. The van der Waals surface area contributed by atoms with Crippen LogP contribution in [-0.2, 0) is 14.3 Å². The van der Waals surface area contributed by atoms with Gasteiger partial charge in [-0.05, 0) is 6.07 Å². The summed E-state index contributed by atoms with van der Waals surface area (Å²) < 4.78 is 4.40. The number of ether oxygens (including phenoxy) is 1. The fourth-order valence-electron chi connectivity index (χ4n) is 1.81. The van der Waals surface area contributed by atoms with Crippen LogP contribution < -0.4 is 5.32 Å². The minimum atomic E-state index is -1.37. The Labute approximate surface area is 119 Å². The molecule has 2 rings (SSSR count). The zero-order valence-electron chi connectivity index (χ0n) is 11.1. The van der Waals surface area contributed by atoms with Gasteiger partial charge in [-0.1, -0.05) is 18.2 Å². The van der Waals surface area contributed by atoms with Crippen molar-refractivity contribution in [3.8, 4) is 0 Å². The standard InChI is InChI=1S/C13H13N3O5/c1-21-10(17)6-9(13(19)20)14-12(18)11-7-4-2-3-5-8(7)15-16-11/h2-5,9H,6H2,1H3,(H,14,18)(H,15,16)(H,19,20)/t9-/m0/s1. The molecule has 1 aromatic carbocycles. The van der Waals surface area contributed by atoms with E-state index >= 15 is 0 Å². The maximum absolute atomic E-state index is 12.1. The molecule has 2 aromatic rings. The zero-order chi connectivity index (χ0) is 15.4. The molecule has 0 aliphatic carbocycles. The molecule has 3 N–H and O–H groups in total. The Hall–Kier alpha value is -2.90. The number of rotatable bonds is 5. The highest BCUT2D eigenvalue weighted by atomic mass is 16.5. The van der Waals surface area contributed by atoms with Gasteiger partial charge in [-0.25, -0.2) is 4.79 Å². The molecule has 21 heavy (non-hydrogen) atoms. The smallest absolute Gasteiger partial charge is 0.326 e. The SMILES string of the molecule is COC(=O)C[C@H](NC(=O)c1n[nH]c2ccccc12)C(=O)O. The number of nitrogens with zero attached hydrogens (tertiary/aromatic N) is 1. The summed E-state index contributed by atoms with van der Waals surface area (Å²) in [5.74, 6) is -2.73. The average Bonchev–Trinajstić information content (AvgIpc) is 2.90. The number of fused-ring (bicyclic) bond motifs is 1. The number of methoxy groups -OCH3 is 1. The lowest BCUT2D eigenvalue weighted by Crippen LogP contribution is -2.42. The molecule has 0 fully saturated rings. The summed E-state index contributed by atoms with van der Waals surface area (Å²) >= 11 is 0. The molecular formula is C13H13N3O5. The molecule has 0 aliphatic heterocycles. The number of H-pyrrole nitrogens is 1. The van der Waals surface area contributed by atoms with Crippen molar-refractivity contribution in [2.24, 2.45) is 0 Å². The molecule has 1 amide bonds. The van der Waals surface area contributed by atoms with Crippen LogP contribution in [0.15, 0.2) is 24.3 Å². The first-order valence-corrected chi connectivity index (χ1v) is 6.06. The molecule has 0 unspecified atom stereocenters. The van der Waals surface area contributed by atoms with Gasteiger partial charge in [0.25, 0.3) is 5.91 Å². The van der Waals surface area contributed by atoms with Crippen LogP contribution in [0.2, 0.25) is 0 Å². The van der Waals surface area contributed by atoms with Crippen molar-refractivity contribution in [3.63, 3.8) is 0 Å². The number of aliphatic carboxylic acids is 1. The summed E-state index contributed by atoms with van der Waals surface area (Å²) in [5, 5.41) is 18.4. The fraction of sp³-hybridized carbons (Fsp3) is 0.231. The van der Waals surface area contributed by atoms with Crippen molar-refractivity contribution in [2.45, 2.75) is 12.5 Å². The average molecular weight is 291 g/mol. The number of nitrogens with one attached hydrogen (secondary N) is 2. The summed E-state index contributed by atoms with van der Waals surface area (Å²) in [5.41, 5.74) is 0.726. The molecule has 1 atom stereocenters. The first-order chi connectivity index (χ1) is 10.0. The van der Waals surface area contributed by atoms with Crippen LogP contribution in [0.5, 0.6) is 0 Å². The van der Waals surface area contributed by atoms with Crippen molar-refractivity contribution in [3.05, 3.63) is 30.0 Å². The second-order valence-corrected chi connectivity index (χ2v) is 4.26. The molecule has 8 heteroatoms. The largest absolute Gasteiger partial charge is 0.480 e. The highest BCUT2D eigenvalue weighted by Gasteiger charge is 2.25. The molecule has 8 nitrogen and oxygen atoms in total. The second-order valence-electron chi connectivity index (χ2n) is 4.26. The van der Waals surface area contributed by atoms with Crippen molar-refractivity contribution < 1.29 is 24.2 Å². The number of carbonyl (C=O) groups is 3. The van der Waals surface area contributed by atoms with Crippen LogP contribution in [0.25, 0.3) is 10.9 Å². The number of carboxylic acid groups (broad SMARTS) is 1. The lowest BCUT2D eigenvalue weighted by molar-refractivity contribution is -0.147. The number of esters is 1. The number of carbonyl (C=O) groups excluding carboxylic acids is 2. The lowest BCUT2D eigenvalue weighted by atomic mass is 10.1. The highest BCUT2D eigenvalue weighted by Crippen LogP contribution is 2.15. The van der Waals surface area contributed by atoms with Crippen LogP contribution in [0.4, 0.5) is 0 Å². The molecule has 1 heterocycles. The van der Waals surface area contributed by atoms with E-state index in [2.05, 4.69) is 20.3 Å². The minimum Gasteiger partial charge on any atom is -0.480 e. The van der Waals surface area contributed by atoms with E-state index in [4.69, 9.17) is 5.11 Å². The van der Waals surface area contributed by atoms with Gasteiger partial charge in [-0.2, -0.15) is 5.10 Å². The number of aromatic amines is 1. The highest BCUT2D eigenvalue weighted by molar-refractivity contribution is 6.05. The Morgan fingerprint density at radius 3 is 2.76 bits per heavy atom. The first-order valence-electron chi connectivity index (χ1n) is 6.06. The van der Waals surface area contributed by atoms with Crippen molar-refractivity contribution in [1.29, 1.82) is 0 Å². The molecule has 110 valence electrons. The zero-order valence-corrected chi connectivity index (χ0v) is 11.1. The number of hydrogen-bond donors (Lipinski definition) is 3. The maximum Gasteiger partial charge on any atom is 0.326 e. The second kappa shape index (κ2) is 6.04. The van der Waals surface area contributed by atoms with Crippen molar-refractivity contribution in [1.82, 2.24) is 15.5 Å². The van der Waals surface area contributed by atoms with E-state index in [-0.39, 0.29) is 5.69 Å². The number of amides is 1. The topological polar surface area (TPSA) is 121 Å². The number of para-hydroxylation sites is 1. The van der Waals surface area contributed by atoms with Gasteiger partial charge in [-0.3, -0.25) is 14.7 Å². The monoisotopic (exact) mass is 291 g/mol. The Kier molecular flexibility index (Phi) is 4.17. The normalized spacial score (nSPS) is 11.9. The Morgan fingerprint density at radius 2 is 2.10 bits per heavy atom. The van der Waals surface area contributed by atoms with Gasteiger partial charge in [0.15, 0.2) is 5.69 Å². The summed E-state index contributed by atoms with van der Waals surface area (Å²) in [6.07, 6.45) is -0.458. The quantitative estimate of drug-likeness (QED) is 0.681. The van der Waals surface area contributed by atoms with E-state index in [0.717, 1.165) is 7.11 Å². The maximum atomic E-state index is 12.1. The molecule has 0 radical (unpaired) electrons. The van der Waals surface area contributed by atoms with Crippen molar-refractivity contribution >= 4 is 28.7 Å². The third-order valence-electron chi connectivity index (χ3n) is 2.89. The van der Waals surface area contributed by atoms with Crippen molar-refractivity contribution in [2.75, 3.05) is 7.11 Å². The van der Waals surface area contributed by atoms with E-state index in [1.165, 1.54) is 0 Å². The summed E-state index contributed by atoms with van der Waals surface area (Å²) in [6, 6.07) is 5.56. The number of hydrogen-bond acceptors (Lipinski definition) is 5. The number of aromatic nitrogens is 2. The van der Waals surface area contributed by atoms with E-state index in [0.29, 0.717) is 10.9 Å². The van der Waals surface area contributed by atoms with Crippen LogP contribution in [0, 0.1) is 0 Å². The molecule has 0 saturated carbocycles. The third-order valence-corrected chi connectivity index (χ3v) is 2.89. The van der Waals surface area contributed by atoms with Crippen LogP contribution in [0.3, 0.4) is 0 Å². The molecule has 0 bridgehead atoms. The summed E-state index contributed by atoms with van der Waals surface area (Å²) in [6.45, 7) is 0. The summed E-state index contributed by atoms with van der Waals surface area (Å²) in [7, 11) is 1.14. The van der Waals surface area contributed by atoms with E-state index < -0.39 is 30.3 Å². The van der Waals surface area contributed by atoms with Gasteiger partial charge in [-0.15, -0.1) is 0 Å². The first kappa shape index (κ1) is 14.5.